The first-order chi connectivity index (χ1) is 13.7. The Bertz CT molecular complexity index is 912. The highest BCUT2D eigenvalue weighted by Gasteiger charge is 2.60. The number of rotatable bonds is 4. The highest BCUT2D eigenvalue weighted by atomic mass is 79.9. The molecule has 3 fully saturated rings. The Morgan fingerprint density at radius 2 is 2.00 bits per heavy atom. The molecule has 29 heavy (non-hydrogen) atoms. The largest absolute Gasteiger partial charge is 0.326 e. The van der Waals surface area contributed by atoms with Gasteiger partial charge in [-0.25, -0.2) is 0 Å². The average Bonchev–Trinajstić information content (AvgIpc) is 3.18. The molecular formula is C21H25BrN4O2S. The monoisotopic (exact) mass is 476 g/mol. The quantitative estimate of drug-likeness (QED) is 0.624. The Hall–Kier alpha value is -1.67. The standard InChI is InChI=1S/C21H25BrN4O2S/c1-20(2)12-8-9-21(20,3)16(10-12)25-26-19-24-18(28)15(29-19)11-17(27)23-14-6-4-13(22)5-7-14/h4-7,12,15H,8-11H2,1-3H3,(H,23,27)(H,24,26,28)/b25-16+/t12-,15-,21+/m1/s1. The molecule has 6 nitrogen and oxygen atoms in total. The zero-order chi connectivity index (χ0) is 20.8. The van der Waals surface area contributed by atoms with Crippen LogP contribution >= 0.6 is 27.7 Å². The summed E-state index contributed by atoms with van der Waals surface area (Å²) < 4.78 is 0.941. The number of halogens is 1. The number of carbonyl (C=O) groups is 2. The van der Waals surface area contributed by atoms with Gasteiger partial charge in [0.15, 0.2) is 5.17 Å². The van der Waals surface area contributed by atoms with Crippen molar-refractivity contribution in [2.24, 2.45) is 27.0 Å². The van der Waals surface area contributed by atoms with Gasteiger partial charge < -0.3 is 10.6 Å². The molecule has 2 saturated carbocycles. The van der Waals surface area contributed by atoms with Gasteiger partial charge in [-0.15, -0.1) is 5.10 Å². The minimum Gasteiger partial charge on any atom is -0.326 e. The molecule has 2 bridgehead atoms. The molecule has 8 heteroatoms. The van der Waals surface area contributed by atoms with Crippen LogP contribution in [0.2, 0.25) is 0 Å². The van der Waals surface area contributed by atoms with Crippen molar-refractivity contribution >= 4 is 56.1 Å². The fraction of sp³-hybridized carbons (Fsp3) is 0.524. The number of fused-ring (bicyclic) bond motifs is 2. The summed E-state index contributed by atoms with van der Waals surface area (Å²) in [5, 5.41) is 14.5. The van der Waals surface area contributed by atoms with Gasteiger partial charge >= 0.3 is 0 Å². The molecule has 1 aromatic rings. The summed E-state index contributed by atoms with van der Waals surface area (Å²) in [7, 11) is 0. The number of hydrogen-bond donors (Lipinski definition) is 2. The lowest BCUT2D eigenvalue weighted by Gasteiger charge is -2.34. The van der Waals surface area contributed by atoms with Gasteiger partial charge in [0.05, 0.1) is 0 Å². The highest BCUT2D eigenvalue weighted by molar-refractivity contribution is 9.10. The van der Waals surface area contributed by atoms with Crippen LogP contribution in [0.1, 0.15) is 46.5 Å². The summed E-state index contributed by atoms with van der Waals surface area (Å²) >= 11 is 4.64. The van der Waals surface area contributed by atoms with Gasteiger partial charge in [-0.1, -0.05) is 48.5 Å². The SMILES string of the molecule is CC1(C)[C@@H]2CC[C@@]1(C)/C(=N/N=C1\NC(=O)[C@@H](CC(=O)Nc3ccc(Br)cc3)S1)C2. The van der Waals surface area contributed by atoms with Crippen LogP contribution in [0.25, 0.3) is 0 Å². The second-order valence-electron chi connectivity index (χ2n) is 8.80. The molecule has 2 aliphatic carbocycles. The number of amides is 2. The molecule has 1 saturated heterocycles. The lowest BCUT2D eigenvalue weighted by molar-refractivity contribution is -0.122. The summed E-state index contributed by atoms with van der Waals surface area (Å²) in [6.45, 7) is 6.94. The molecule has 0 spiro atoms. The summed E-state index contributed by atoms with van der Waals surface area (Å²) in [5.74, 6) is 0.265. The molecule has 0 unspecified atom stereocenters. The van der Waals surface area contributed by atoms with Crippen molar-refractivity contribution in [1.29, 1.82) is 0 Å². The minimum absolute atomic E-state index is 0.0823. The molecule has 2 amide bonds. The van der Waals surface area contributed by atoms with Gasteiger partial charge in [0, 0.05) is 27.7 Å². The lowest BCUT2D eigenvalue weighted by Crippen LogP contribution is -2.32. The van der Waals surface area contributed by atoms with Crippen LogP contribution in [0.3, 0.4) is 0 Å². The maximum atomic E-state index is 12.3. The third-order valence-electron chi connectivity index (χ3n) is 7.05. The van der Waals surface area contributed by atoms with E-state index in [1.165, 1.54) is 18.2 Å². The zero-order valence-corrected chi connectivity index (χ0v) is 19.2. The number of thioether (sulfide) groups is 1. The van der Waals surface area contributed by atoms with Crippen molar-refractivity contribution in [3.63, 3.8) is 0 Å². The van der Waals surface area contributed by atoms with Crippen molar-refractivity contribution in [3.05, 3.63) is 28.7 Å². The molecule has 154 valence electrons. The van der Waals surface area contributed by atoms with Gasteiger partial charge in [-0.2, -0.15) is 5.10 Å². The van der Waals surface area contributed by atoms with Crippen LogP contribution in [-0.2, 0) is 9.59 Å². The van der Waals surface area contributed by atoms with E-state index in [9.17, 15) is 9.59 Å². The Morgan fingerprint density at radius 1 is 1.28 bits per heavy atom. The first kappa shape index (κ1) is 20.6. The maximum Gasteiger partial charge on any atom is 0.240 e. The van der Waals surface area contributed by atoms with E-state index in [-0.39, 0.29) is 29.1 Å². The van der Waals surface area contributed by atoms with Gasteiger partial charge in [-0.05, 0) is 54.9 Å². The van der Waals surface area contributed by atoms with E-state index in [0.717, 1.165) is 23.0 Å². The molecular weight excluding hydrogens is 452 g/mol. The van der Waals surface area contributed by atoms with E-state index in [0.29, 0.717) is 16.8 Å². The Kier molecular flexibility index (Phi) is 5.36. The summed E-state index contributed by atoms with van der Waals surface area (Å²) in [4.78, 5) is 24.5. The minimum atomic E-state index is -0.489. The van der Waals surface area contributed by atoms with Crippen LogP contribution in [0, 0.1) is 16.7 Å². The van der Waals surface area contributed by atoms with E-state index < -0.39 is 5.25 Å². The molecule has 0 aromatic heterocycles. The van der Waals surface area contributed by atoms with Crippen molar-refractivity contribution < 1.29 is 9.59 Å². The van der Waals surface area contributed by atoms with Gasteiger partial charge in [0.2, 0.25) is 11.8 Å². The van der Waals surface area contributed by atoms with Crippen LogP contribution in [0.15, 0.2) is 38.9 Å². The van der Waals surface area contributed by atoms with Crippen molar-refractivity contribution in [1.82, 2.24) is 5.32 Å². The predicted octanol–water partition coefficient (Wildman–Crippen LogP) is 4.57. The topological polar surface area (TPSA) is 82.9 Å². The number of anilines is 1. The average molecular weight is 477 g/mol. The molecule has 4 rings (SSSR count). The number of hydrogen-bond acceptors (Lipinski definition) is 5. The predicted molar refractivity (Wildman–Crippen MR) is 121 cm³/mol. The second kappa shape index (κ2) is 7.54. The Morgan fingerprint density at radius 3 is 2.62 bits per heavy atom. The van der Waals surface area contributed by atoms with Gasteiger partial charge in [0.25, 0.3) is 0 Å². The van der Waals surface area contributed by atoms with Crippen LogP contribution in [-0.4, -0.2) is 27.9 Å². The number of nitrogens with one attached hydrogen (secondary N) is 2. The fourth-order valence-electron chi connectivity index (χ4n) is 4.69. The molecule has 1 aromatic carbocycles. The lowest BCUT2D eigenvalue weighted by atomic mass is 9.70. The normalized spacial score (nSPS) is 32.8. The van der Waals surface area contributed by atoms with Crippen LogP contribution in [0.5, 0.6) is 0 Å². The van der Waals surface area contributed by atoms with Crippen molar-refractivity contribution in [3.8, 4) is 0 Å². The number of benzene rings is 1. The highest BCUT2D eigenvalue weighted by Crippen LogP contribution is 2.64. The Labute approximate surface area is 183 Å². The molecule has 1 heterocycles. The number of nitrogens with zero attached hydrogens (tertiary/aromatic N) is 2. The third-order valence-corrected chi connectivity index (χ3v) is 8.65. The first-order valence-corrected chi connectivity index (χ1v) is 11.5. The van der Waals surface area contributed by atoms with Crippen LogP contribution < -0.4 is 10.6 Å². The molecule has 1 aliphatic heterocycles. The van der Waals surface area contributed by atoms with Crippen LogP contribution in [0.4, 0.5) is 5.69 Å². The van der Waals surface area contributed by atoms with Crippen molar-refractivity contribution in [2.45, 2.75) is 51.7 Å². The van der Waals surface area contributed by atoms with E-state index in [4.69, 9.17) is 0 Å². The van der Waals surface area contributed by atoms with Gasteiger partial charge in [0.1, 0.15) is 5.25 Å². The number of amidine groups is 1. The summed E-state index contributed by atoms with van der Waals surface area (Å²) in [6, 6.07) is 7.33. The number of carbonyl (C=O) groups excluding carboxylic acids is 2. The third kappa shape index (κ3) is 3.77. The summed E-state index contributed by atoms with van der Waals surface area (Å²) in [5.41, 5.74) is 2.16. The van der Waals surface area contributed by atoms with Gasteiger partial charge in [-0.3, -0.25) is 9.59 Å². The van der Waals surface area contributed by atoms with E-state index in [1.807, 2.05) is 24.3 Å². The molecule has 0 radical (unpaired) electrons. The summed E-state index contributed by atoms with van der Waals surface area (Å²) in [6.07, 6.45) is 3.47. The second-order valence-corrected chi connectivity index (χ2v) is 10.9. The molecule has 2 N–H and O–H groups in total. The van der Waals surface area contributed by atoms with E-state index in [1.54, 1.807) is 0 Å². The van der Waals surface area contributed by atoms with Crippen molar-refractivity contribution in [2.75, 3.05) is 5.32 Å². The maximum absolute atomic E-state index is 12.3. The van der Waals surface area contributed by atoms with E-state index >= 15 is 0 Å². The zero-order valence-electron chi connectivity index (χ0n) is 16.8. The smallest absolute Gasteiger partial charge is 0.240 e. The molecule has 3 atom stereocenters. The van der Waals surface area contributed by atoms with E-state index in [2.05, 4.69) is 57.5 Å². The Balaban J connectivity index is 1.38. The first-order valence-electron chi connectivity index (χ1n) is 9.87. The molecule has 3 aliphatic rings. The fourth-order valence-corrected chi connectivity index (χ4v) is 5.87.